The summed E-state index contributed by atoms with van der Waals surface area (Å²) in [5.74, 6) is -0.843. The molecule has 6 atom stereocenters. The lowest BCUT2D eigenvalue weighted by Crippen LogP contribution is -2.59. The van der Waals surface area contributed by atoms with Crippen LogP contribution in [0.2, 0.25) is 0 Å². The summed E-state index contributed by atoms with van der Waals surface area (Å²) in [6, 6.07) is 0. The zero-order chi connectivity index (χ0) is 38.8. The molecule has 2 unspecified atom stereocenters. The quantitative estimate of drug-likeness (QED) is 0.0287. The molecule has 0 spiro atoms. The summed E-state index contributed by atoms with van der Waals surface area (Å²) in [6.07, 6.45) is 30.1. The minimum atomic E-state index is -1.60. The second kappa shape index (κ2) is 34.4. The Labute approximate surface area is 321 Å². The number of aliphatic hydroxyl groups is 4. The van der Waals surface area contributed by atoms with Crippen molar-refractivity contribution >= 4 is 11.9 Å². The maximum absolute atomic E-state index is 12.7. The van der Waals surface area contributed by atoms with E-state index in [9.17, 15) is 30.0 Å². The minimum Gasteiger partial charge on any atom is -0.462 e. The molecule has 1 saturated heterocycles. The third-order valence-corrected chi connectivity index (χ3v) is 9.50. The summed E-state index contributed by atoms with van der Waals surface area (Å²) in [6.45, 7) is 3.34. The maximum Gasteiger partial charge on any atom is 0.306 e. The molecular formula is C43H76O10. The number of carbonyl (C=O) groups excluding carboxylic acids is 2. The highest BCUT2D eigenvalue weighted by molar-refractivity contribution is 5.70. The molecule has 0 bridgehead atoms. The SMILES string of the molecule is CCCCC/C=C/C/C=C/CCCCCCCC(=O)O[C@H](COC(=O)CCCCC/C=C/CCCCCCCC)CO[C@@H]1O[C@H](CO)[C@H](O)C(O)C1O. The molecule has 308 valence electrons. The molecule has 0 saturated carbocycles. The molecule has 0 radical (unpaired) electrons. The summed E-state index contributed by atoms with van der Waals surface area (Å²) < 4.78 is 22.1. The standard InChI is InChI=1S/C43H76O10/c1-3-5-7-9-11-13-15-17-18-20-22-24-26-28-30-32-39(46)52-36(35-51-43-42(49)41(48)40(47)37(33-44)53-43)34-50-38(45)31-29-27-25-23-21-19-16-14-12-10-8-6-4-2/h11,13,17-19,21,36-37,40-44,47-49H,3-10,12,14-16,20,22-35H2,1-2H3/b13-11+,18-17+,21-19+/t36-,37-,40+,41?,42?,43-/m1/s1. The number of hydrogen-bond donors (Lipinski definition) is 4. The Morgan fingerprint density at radius 2 is 1.06 bits per heavy atom. The van der Waals surface area contributed by atoms with Gasteiger partial charge in [-0.3, -0.25) is 9.59 Å². The van der Waals surface area contributed by atoms with Crippen LogP contribution in [-0.4, -0.2) is 89.0 Å². The van der Waals surface area contributed by atoms with Gasteiger partial charge >= 0.3 is 11.9 Å². The fourth-order valence-corrected chi connectivity index (χ4v) is 6.09. The van der Waals surface area contributed by atoms with Gasteiger partial charge in [-0.1, -0.05) is 121 Å². The smallest absolute Gasteiger partial charge is 0.306 e. The van der Waals surface area contributed by atoms with Crippen LogP contribution in [0.1, 0.15) is 168 Å². The van der Waals surface area contributed by atoms with Crippen molar-refractivity contribution in [2.45, 2.75) is 205 Å². The van der Waals surface area contributed by atoms with Gasteiger partial charge in [0, 0.05) is 12.8 Å². The van der Waals surface area contributed by atoms with E-state index >= 15 is 0 Å². The second-order valence-corrected chi connectivity index (χ2v) is 14.4. The van der Waals surface area contributed by atoms with Crippen LogP contribution >= 0.6 is 0 Å². The van der Waals surface area contributed by atoms with Crippen molar-refractivity contribution in [3.8, 4) is 0 Å². The number of esters is 2. The average Bonchev–Trinajstić information content (AvgIpc) is 3.15. The lowest BCUT2D eigenvalue weighted by atomic mass is 9.99. The van der Waals surface area contributed by atoms with E-state index in [0.717, 1.165) is 70.6 Å². The highest BCUT2D eigenvalue weighted by Crippen LogP contribution is 2.22. The molecule has 1 heterocycles. The average molecular weight is 753 g/mol. The van der Waals surface area contributed by atoms with Gasteiger partial charge in [0.25, 0.3) is 0 Å². The number of hydrogen-bond acceptors (Lipinski definition) is 10. The molecule has 0 aromatic heterocycles. The Kier molecular flexibility index (Phi) is 31.8. The topological polar surface area (TPSA) is 152 Å². The first-order chi connectivity index (χ1) is 25.8. The largest absolute Gasteiger partial charge is 0.462 e. The van der Waals surface area contributed by atoms with E-state index in [4.69, 9.17) is 18.9 Å². The molecule has 10 heteroatoms. The van der Waals surface area contributed by atoms with E-state index < -0.39 is 55.4 Å². The highest BCUT2D eigenvalue weighted by atomic mass is 16.7. The summed E-state index contributed by atoms with van der Waals surface area (Å²) in [4.78, 5) is 25.2. The Morgan fingerprint density at radius 1 is 0.585 bits per heavy atom. The first-order valence-electron chi connectivity index (χ1n) is 21.1. The zero-order valence-electron chi connectivity index (χ0n) is 33.3. The van der Waals surface area contributed by atoms with Gasteiger partial charge in [-0.05, 0) is 70.6 Å². The van der Waals surface area contributed by atoms with Crippen molar-refractivity contribution in [1.29, 1.82) is 0 Å². The van der Waals surface area contributed by atoms with Crippen molar-refractivity contribution < 1.29 is 49.0 Å². The number of allylic oxidation sites excluding steroid dienone is 6. The summed E-state index contributed by atoms with van der Waals surface area (Å²) in [5, 5.41) is 40.0. The number of unbranched alkanes of at least 4 members (excludes halogenated alkanes) is 17. The van der Waals surface area contributed by atoms with Gasteiger partial charge in [0.15, 0.2) is 12.4 Å². The third kappa shape index (κ3) is 26.4. The second-order valence-electron chi connectivity index (χ2n) is 14.4. The molecule has 53 heavy (non-hydrogen) atoms. The first kappa shape index (κ1) is 48.9. The molecule has 1 aliphatic rings. The van der Waals surface area contributed by atoms with E-state index in [2.05, 4.69) is 50.3 Å². The predicted octanol–water partition coefficient (Wildman–Crippen LogP) is 8.33. The fraction of sp³-hybridized carbons (Fsp3) is 0.814. The normalized spacial score (nSPS) is 21.2. The van der Waals surface area contributed by atoms with Crippen molar-refractivity contribution in [2.75, 3.05) is 19.8 Å². The first-order valence-corrected chi connectivity index (χ1v) is 21.1. The van der Waals surface area contributed by atoms with E-state index in [1.807, 2.05) is 0 Å². The number of rotatable bonds is 34. The lowest BCUT2D eigenvalue weighted by molar-refractivity contribution is -0.305. The molecule has 10 nitrogen and oxygen atoms in total. The van der Waals surface area contributed by atoms with Gasteiger partial charge in [-0.25, -0.2) is 0 Å². The van der Waals surface area contributed by atoms with Crippen molar-refractivity contribution in [3.05, 3.63) is 36.5 Å². The van der Waals surface area contributed by atoms with Crippen LogP contribution in [0, 0.1) is 0 Å². The van der Waals surface area contributed by atoms with Gasteiger partial charge in [0.05, 0.1) is 13.2 Å². The Hall–Kier alpha value is -2.08. The predicted molar refractivity (Wildman–Crippen MR) is 210 cm³/mol. The minimum absolute atomic E-state index is 0.211. The summed E-state index contributed by atoms with van der Waals surface area (Å²) in [5.41, 5.74) is 0. The summed E-state index contributed by atoms with van der Waals surface area (Å²) in [7, 11) is 0. The van der Waals surface area contributed by atoms with E-state index in [0.29, 0.717) is 12.8 Å². The van der Waals surface area contributed by atoms with Crippen LogP contribution in [0.4, 0.5) is 0 Å². The van der Waals surface area contributed by atoms with Crippen molar-refractivity contribution in [1.82, 2.24) is 0 Å². The van der Waals surface area contributed by atoms with Crippen LogP contribution in [0.15, 0.2) is 36.5 Å². The van der Waals surface area contributed by atoms with Gasteiger partial charge in [0.2, 0.25) is 0 Å². The van der Waals surface area contributed by atoms with E-state index in [1.54, 1.807) is 0 Å². The monoisotopic (exact) mass is 753 g/mol. The van der Waals surface area contributed by atoms with Crippen LogP contribution in [0.25, 0.3) is 0 Å². The fourth-order valence-electron chi connectivity index (χ4n) is 6.09. The van der Waals surface area contributed by atoms with Crippen LogP contribution in [0.3, 0.4) is 0 Å². The van der Waals surface area contributed by atoms with E-state index in [-0.39, 0.29) is 26.1 Å². The number of carbonyl (C=O) groups is 2. The molecule has 0 aromatic rings. The number of ether oxygens (including phenoxy) is 4. The molecule has 0 aliphatic carbocycles. The maximum atomic E-state index is 12.7. The van der Waals surface area contributed by atoms with Gasteiger partial charge < -0.3 is 39.4 Å². The Morgan fingerprint density at radius 3 is 1.64 bits per heavy atom. The molecule has 1 aliphatic heterocycles. The number of aliphatic hydroxyl groups excluding tert-OH is 4. The lowest BCUT2D eigenvalue weighted by Gasteiger charge is -2.39. The third-order valence-electron chi connectivity index (χ3n) is 9.50. The Balaban J connectivity index is 2.39. The molecule has 0 amide bonds. The van der Waals surface area contributed by atoms with Gasteiger partial charge in [-0.2, -0.15) is 0 Å². The van der Waals surface area contributed by atoms with Crippen LogP contribution < -0.4 is 0 Å². The van der Waals surface area contributed by atoms with Gasteiger partial charge in [-0.15, -0.1) is 0 Å². The molecule has 1 fully saturated rings. The summed E-state index contributed by atoms with van der Waals surface area (Å²) >= 11 is 0. The Bertz CT molecular complexity index is 965. The molecule has 4 N–H and O–H groups in total. The molecular weight excluding hydrogens is 676 g/mol. The molecule has 0 aromatic carbocycles. The highest BCUT2D eigenvalue weighted by Gasteiger charge is 2.44. The zero-order valence-corrected chi connectivity index (χ0v) is 33.3. The van der Waals surface area contributed by atoms with Gasteiger partial charge in [0.1, 0.15) is 31.0 Å². The van der Waals surface area contributed by atoms with Crippen LogP contribution in [-0.2, 0) is 28.5 Å². The molecule has 1 rings (SSSR count). The van der Waals surface area contributed by atoms with Crippen molar-refractivity contribution in [3.63, 3.8) is 0 Å². The van der Waals surface area contributed by atoms with E-state index in [1.165, 1.54) is 57.8 Å². The van der Waals surface area contributed by atoms with Crippen molar-refractivity contribution in [2.24, 2.45) is 0 Å². The van der Waals surface area contributed by atoms with Crippen LogP contribution in [0.5, 0.6) is 0 Å².